The van der Waals surface area contributed by atoms with Gasteiger partial charge in [0.1, 0.15) is 30.2 Å². The molecule has 0 amide bonds. The van der Waals surface area contributed by atoms with Gasteiger partial charge < -0.3 is 20.7 Å². The van der Waals surface area contributed by atoms with E-state index in [9.17, 15) is 10.2 Å². The molecule has 4 heterocycles. The number of ether oxygens (including phenoxy) is 1. The summed E-state index contributed by atoms with van der Waals surface area (Å²) in [4.78, 5) is 19.2. The third-order valence-electron chi connectivity index (χ3n) is 5.37. The number of hydroxylamine groups is 1. The third-order valence-corrected chi connectivity index (χ3v) is 6.65. The Labute approximate surface area is 176 Å². The number of nitrogen functional groups attached to an aromatic ring is 1. The first-order valence-corrected chi connectivity index (χ1v) is 10.6. The second kappa shape index (κ2) is 8.10. The normalized spacial score (nSPS) is 28.7. The SMILES string of the molecule is Nc1ncnc2c1ncn2[C@@H]1O[C@H](CONC2CSc3ccccc3C2)[C@@H](O)[C@H]1O. The number of aromatic nitrogens is 4. The Morgan fingerprint density at radius 1 is 1.23 bits per heavy atom. The van der Waals surface area contributed by atoms with Crippen LogP contribution < -0.4 is 11.2 Å². The van der Waals surface area contributed by atoms with Crippen LogP contribution in [0.15, 0.2) is 41.8 Å². The number of hydrogen-bond acceptors (Lipinski definition) is 10. The second-order valence-corrected chi connectivity index (χ2v) is 8.44. The van der Waals surface area contributed by atoms with Crippen molar-refractivity contribution in [2.24, 2.45) is 0 Å². The van der Waals surface area contributed by atoms with E-state index in [1.54, 1.807) is 16.3 Å². The van der Waals surface area contributed by atoms with Crippen LogP contribution in [0.1, 0.15) is 11.8 Å². The molecule has 1 unspecified atom stereocenters. The van der Waals surface area contributed by atoms with Gasteiger partial charge in [-0.2, -0.15) is 5.48 Å². The summed E-state index contributed by atoms with van der Waals surface area (Å²) in [5.74, 6) is 1.13. The minimum absolute atomic E-state index is 0.0846. The molecule has 0 aliphatic carbocycles. The molecule has 30 heavy (non-hydrogen) atoms. The lowest BCUT2D eigenvalue weighted by Gasteiger charge is -2.25. The van der Waals surface area contributed by atoms with Crippen molar-refractivity contribution in [3.8, 4) is 0 Å². The van der Waals surface area contributed by atoms with E-state index in [4.69, 9.17) is 15.3 Å². The van der Waals surface area contributed by atoms with Crippen molar-refractivity contribution in [1.82, 2.24) is 25.0 Å². The maximum atomic E-state index is 10.5. The summed E-state index contributed by atoms with van der Waals surface area (Å²) in [6, 6.07) is 8.47. The van der Waals surface area contributed by atoms with Crippen LogP contribution in [0.25, 0.3) is 11.2 Å². The van der Waals surface area contributed by atoms with Gasteiger partial charge in [0.25, 0.3) is 0 Å². The molecule has 2 aliphatic heterocycles. The highest BCUT2D eigenvalue weighted by atomic mass is 32.2. The van der Waals surface area contributed by atoms with Crippen LogP contribution in [-0.2, 0) is 16.0 Å². The first-order chi connectivity index (χ1) is 14.6. The smallest absolute Gasteiger partial charge is 0.167 e. The van der Waals surface area contributed by atoms with Gasteiger partial charge in [-0.3, -0.25) is 9.40 Å². The fraction of sp³-hybridized carbons (Fsp3) is 0.421. The molecule has 10 nitrogen and oxygen atoms in total. The number of nitrogens with two attached hydrogens (primary N) is 1. The van der Waals surface area contributed by atoms with Crippen molar-refractivity contribution < 1.29 is 19.8 Å². The van der Waals surface area contributed by atoms with Crippen molar-refractivity contribution in [2.75, 3.05) is 18.1 Å². The van der Waals surface area contributed by atoms with Crippen molar-refractivity contribution in [3.05, 3.63) is 42.5 Å². The largest absolute Gasteiger partial charge is 0.387 e. The van der Waals surface area contributed by atoms with E-state index in [-0.39, 0.29) is 18.5 Å². The highest BCUT2D eigenvalue weighted by Crippen LogP contribution is 2.32. The Bertz CT molecular complexity index is 1050. The van der Waals surface area contributed by atoms with E-state index in [1.807, 2.05) is 12.1 Å². The Kier molecular flexibility index (Phi) is 5.31. The number of nitrogens with zero attached hydrogens (tertiary/aromatic N) is 4. The van der Waals surface area contributed by atoms with Crippen LogP contribution in [0.5, 0.6) is 0 Å². The molecule has 5 rings (SSSR count). The zero-order valence-electron chi connectivity index (χ0n) is 16.0. The number of aliphatic hydroxyl groups is 2. The lowest BCUT2D eigenvalue weighted by molar-refractivity contribution is -0.0912. The van der Waals surface area contributed by atoms with Crippen LogP contribution in [0.4, 0.5) is 5.82 Å². The van der Waals surface area contributed by atoms with Crippen LogP contribution in [0, 0.1) is 0 Å². The molecular weight excluding hydrogens is 408 g/mol. The fourth-order valence-corrected chi connectivity index (χ4v) is 4.88. The molecule has 0 saturated carbocycles. The number of benzene rings is 1. The molecule has 1 fully saturated rings. The maximum Gasteiger partial charge on any atom is 0.167 e. The lowest BCUT2D eigenvalue weighted by atomic mass is 10.1. The predicted octanol–water partition coefficient (Wildman–Crippen LogP) is 0.266. The number of anilines is 1. The molecule has 11 heteroatoms. The minimum Gasteiger partial charge on any atom is -0.387 e. The Morgan fingerprint density at radius 2 is 2.10 bits per heavy atom. The Hall–Kier alpha value is -2.28. The number of thioether (sulfide) groups is 1. The highest BCUT2D eigenvalue weighted by Gasteiger charge is 2.44. The number of rotatable bonds is 5. The molecule has 158 valence electrons. The van der Waals surface area contributed by atoms with Crippen LogP contribution in [-0.4, -0.2) is 66.4 Å². The summed E-state index contributed by atoms with van der Waals surface area (Å²) in [6.45, 7) is 0.0846. The molecular formula is C19H22N6O4S. The van der Waals surface area contributed by atoms with Gasteiger partial charge >= 0.3 is 0 Å². The fourth-order valence-electron chi connectivity index (χ4n) is 3.80. The summed E-state index contributed by atoms with van der Waals surface area (Å²) in [6.07, 6.45) is -0.195. The van der Waals surface area contributed by atoms with Crippen molar-refractivity contribution >= 4 is 28.7 Å². The molecule has 1 aromatic carbocycles. The molecule has 5 N–H and O–H groups in total. The second-order valence-electron chi connectivity index (χ2n) is 7.38. The van der Waals surface area contributed by atoms with Crippen molar-refractivity contribution in [2.45, 2.75) is 41.9 Å². The van der Waals surface area contributed by atoms with E-state index in [0.717, 1.165) is 12.2 Å². The van der Waals surface area contributed by atoms with E-state index < -0.39 is 24.5 Å². The average Bonchev–Trinajstić information content (AvgIpc) is 3.31. The number of fused-ring (bicyclic) bond motifs is 2. The molecule has 0 radical (unpaired) electrons. The van der Waals surface area contributed by atoms with Gasteiger partial charge in [0.15, 0.2) is 17.7 Å². The van der Waals surface area contributed by atoms with Crippen molar-refractivity contribution in [3.63, 3.8) is 0 Å². The quantitative estimate of drug-likeness (QED) is 0.417. The average molecular weight is 430 g/mol. The maximum absolute atomic E-state index is 10.5. The van der Waals surface area contributed by atoms with Gasteiger partial charge in [-0.05, 0) is 18.1 Å². The van der Waals surface area contributed by atoms with Gasteiger partial charge in [-0.25, -0.2) is 15.0 Å². The zero-order chi connectivity index (χ0) is 20.7. The summed E-state index contributed by atoms with van der Waals surface area (Å²) in [5.41, 5.74) is 11.0. The van der Waals surface area contributed by atoms with Crippen LogP contribution in [0.2, 0.25) is 0 Å². The zero-order valence-corrected chi connectivity index (χ0v) is 16.8. The third kappa shape index (κ3) is 3.53. The lowest BCUT2D eigenvalue weighted by Crippen LogP contribution is -2.40. The molecule has 5 atom stereocenters. The van der Waals surface area contributed by atoms with Crippen LogP contribution >= 0.6 is 11.8 Å². The Balaban J connectivity index is 1.21. The summed E-state index contributed by atoms with van der Waals surface area (Å²) < 4.78 is 7.42. The van der Waals surface area contributed by atoms with E-state index in [2.05, 4.69) is 32.6 Å². The Morgan fingerprint density at radius 3 is 3.00 bits per heavy atom. The standard InChI is InChI=1S/C19H22N6O4S/c20-17-14-18(22-8-21-17)25(9-23-14)19-16(27)15(26)12(29-19)6-28-24-11-5-10-3-1-2-4-13(10)30-7-11/h1-4,8-9,11-12,15-16,19,24,26-27H,5-7H2,(H2,20,21,22)/t11?,12-,15-,16-,19-/m1/s1. The molecule has 0 bridgehead atoms. The topological polar surface area (TPSA) is 141 Å². The number of imidazole rings is 1. The molecule has 1 saturated heterocycles. The van der Waals surface area contributed by atoms with E-state index in [1.165, 1.54) is 23.1 Å². The first kappa shape index (κ1) is 19.7. The number of nitrogens with one attached hydrogen (secondary N) is 1. The van der Waals surface area contributed by atoms with E-state index in [0.29, 0.717) is 11.2 Å². The summed E-state index contributed by atoms with van der Waals surface area (Å²) >= 11 is 1.79. The number of hydrogen-bond donors (Lipinski definition) is 4. The van der Waals surface area contributed by atoms with Gasteiger partial charge in [0.05, 0.1) is 12.9 Å². The van der Waals surface area contributed by atoms with Crippen molar-refractivity contribution in [1.29, 1.82) is 0 Å². The molecule has 2 aliphatic rings. The molecule has 3 aromatic rings. The minimum atomic E-state index is -1.16. The molecule has 2 aromatic heterocycles. The summed E-state index contributed by atoms with van der Waals surface area (Å²) in [5, 5.41) is 21.0. The van der Waals surface area contributed by atoms with Crippen LogP contribution in [0.3, 0.4) is 0 Å². The summed E-state index contributed by atoms with van der Waals surface area (Å²) in [7, 11) is 0. The van der Waals surface area contributed by atoms with Gasteiger partial charge in [0.2, 0.25) is 0 Å². The first-order valence-electron chi connectivity index (χ1n) is 9.64. The van der Waals surface area contributed by atoms with Gasteiger partial charge in [-0.15, -0.1) is 11.8 Å². The molecule has 0 spiro atoms. The number of aliphatic hydroxyl groups excluding tert-OH is 2. The van der Waals surface area contributed by atoms with Gasteiger partial charge in [0, 0.05) is 16.7 Å². The predicted molar refractivity (Wildman–Crippen MR) is 109 cm³/mol. The van der Waals surface area contributed by atoms with Gasteiger partial charge in [-0.1, -0.05) is 18.2 Å². The highest BCUT2D eigenvalue weighted by molar-refractivity contribution is 7.99. The van der Waals surface area contributed by atoms with E-state index >= 15 is 0 Å². The monoisotopic (exact) mass is 430 g/mol.